The first-order valence-electron chi connectivity index (χ1n) is 6.86. The van der Waals surface area contributed by atoms with Crippen LogP contribution in [0, 0.1) is 0 Å². The number of rotatable bonds is 5. The molecule has 0 aromatic rings. The van der Waals surface area contributed by atoms with Crippen molar-refractivity contribution in [3.63, 3.8) is 0 Å². The van der Waals surface area contributed by atoms with Crippen LogP contribution in [0.5, 0.6) is 0 Å². The maximum absolute atomic E-state index is 12.3. The highest BCUT2D eigenvalue weighted by atomic mass is 32.2. The zero-order valence-corrected chi connectivity index (χ0v) is 12.1. The van der Waals surface area contributed by atoms with Crippen molar-refractivity contribution in [3.8, 4) is 0 Å². The van der Waals surface area contributed by atoms with Crippen molar-refractivity contribution in [2.45, 2.75) is 57.2 Å². The summed E-state index contributed by atoms with van der Waals surface area (Å²) in [5.74, 6) is -0.610. The highest BCUT2D eigenvalue weighted by molar-refractivity contribution is 7.89. The molecule has 0 aliphatic carbocycles. The van der Waals surface area contributed by atoms with Crippen molar-refractivity contribution in [2.24, 2.45) is 5.73 Å². The Hall–Kier alpha value is -0.660. The van der Waals surface area contributed by atoms with Crippen LogP contribution in [0.3, 0.4) is 0 Å². The van der Waals surface area contributed by atoms with E-state index in [4.69, 9.17) is 10.5 Å². The highest BCUT2D eigenvalue weighted by Crippen LogP contribution is 2.37. The zero-order chi connectivity index (χ0) is 14.0. The van der Waals surface area contributed by atoms with Gasteiger partial charge >= 0.3 is 5.97 Å². The van der Waals surface area contributed by atoms with Crippen molar-refractivity contribution in [2.75, 3.05) is 12.4 Å². The third kappa shape index (κ3) is 3.27. The van der Waals surface area contributed by atoms with Gasteiger partial charge in [-0.2, -0.15) is 4.31 Å². The summed E-state index contributed by atoms with van der Waals surface area (Å²) in [6.45, 7) is 1.99. The molecule has 0 saturated carbocycles. The molecule has 2 N–H and O–H groups in total. The monoisotopic (exact) mass is 290 g/mol. The molecule has 2 aliphatic heterocycles. The van der Waals surface area contributed by atoms with Crippen molar-refractivity contribution in [1.29, 1.82) is 0 Å². The van der Waals surface area contributed by atoms with E-state index in [1.54, 1.807) is 11.2 Å². The first-order valence-corrected chi connectivity index (χ1v) is 8.47. The van der Waals surface area contributed by atoms with Gasteiger partial charge in [0.05, 0.1) is 18.8 Å². The second kappa shape index (κ2) is 5.76. The van der Waals surface area contributed by atoms with E-state index in [1.807, 2.05) is 0 Å². The normalized spacial score (nSPS) is 31.4. The van der Waals surface area contributed by atoms with Gasteiger partial charge < -0.3 is 10.5 Å². The van der Waals surface area contributed by atoms with E-state index in [2.05, 4.69) is 0 Å². The number of sulfonamides is 1. The van der Waals surface area contributed by atoms with Crippen molar-refractivity contribution >= 4 is 16.0 Å². The fraction of sp³-hybridized carbons (Fsp3) is 0.917. The second-order valence-electron chi connectivity index (χ2n) is 5.32. The number of hydrogen-bond donors (Lipinski definition) is 1. The molecule has 0 radical (unpaired) electrons. The van der Waals surface area contributed by atoms with E-state index in [0.717, 1.165) is 25.7 Å². The highest BCUT2D eigenvalue weighted by Gasteiger charge is 2.45. The Balaban J connectivity index is 1.99. The SMILES string of the molecule is CCOC(=O)CCS(=O)(=O)N1C2CCC1CC(N)C2. The summed E-state index contributed by atoms with van der Waals surface area (Å²) in [6, 6.07) is 0.163. The molecule has 0 spiro atoms. The number of carbonyl (C=O) groups excluding carboxylic acids is 1. The Bertz CT molecular complexity index is 423. The molecule has 2 saturated heterocycles. The second-order valence-corrected chi connectivity index (χ2v) is 7.31. The Kier molecular flexibility index (Phi) is 4.47. The van der Waals surface area contributed by atoms with Gasteiger partial charge in [-0.1, -0.05) is 0 Å². The first-order chi connectivity index (χ1) is 8.94. The Morgan fingerprint density at radius 3 is 2.42 bits per heavy atom. The van der Waals surface area contributed by atoms with Gasteiger partial charge in [0.1, 0.15) is 0 Å². The fourth-order valence-corrected chi connectivity index (χ4v) is 5.11. The third-order valence-corrected chi connectivity index (χ3v) is 5.85. The zero-order valence-electron chi connectivity index (χ0n) is 11.2. The maximum Gasteiger partial charge on any atom is 0.306 e. The van der Waals surface area contributed by atoms with E-state index < -0.39 is 16.0 Å². The number of esters is 1. The summed E-state index contributed by atoms with van der Waals surface area (Å²) in [4.78, 5) is 11.3. The Morgan fingerprint density at radius 2 is 1.89 bits per heavy atom. The summed E-state index contributed by atoms with van der Waals surface area (Å²) in [6.07, 6.45) is 3.16. The van der Waals surface area contributed by atoms with Crippen molar-refractivity contribution < 1.29 is 17.9 Å². The molecule has 0 aromatic heterocycles. The topological polar surface area (TPSA) is 89.7 Å². The molecule has 7 heteroatoms. The van der Waals surface area contributed by atoms with Gasteiger partial charge in [0.2, 0.25) is 10.0 Å². The molecule has 0 aromatic carbocycles. The third-order valence-electron chi connectivity index (χ3n) is 3.89. The molecule has 2 atom stereocenters. The van der Waals surface area contributed by atoms with Crippen LogP contribution in [-0.4, -0.2) is 49.2 Å². The van der Waals surface area contributed by atoms with E-state index >= 15 is 0 Å². The first kappa shape index (κ1) is 14.7. The van der Waals surface area contributed by atoms with Gasteiger partial charge in [0.15, 0.2) is 0 Å². The molecule has 2 fully saturated rings. The number of ether oxygens (including phenoxy) is 1. The maximum atomic E-state index is 12.3. The van der Waals surface area contributed by atoms with Crippen molar-refractivity contribution in [3.05, 3.63) is 0 Å². The Morgan fingerprint density at radius 1 is 1.32 bits per heavy atom. The molecule has 2 rings (SSSR count). The lowest BCUT2D eigenvalue weighted by atomic mass is 10.0. The molecule has 6 nitrogen and oxygen atoms in total. The van der Waals surface area contributed by atoms with Gasteiger partial charge in [-0.05, 0) is 32.6 Å². The molecule has 0 amide bonds. The van der Waals surface area contributed by atoms with Crippen LogP contribution in [0.2, 0.25) is 0 Å². The summed E-state index contributed by atoms with van der Waals surface area (Å²) in [5, 5.41) is 0. The number of hydrogen-bond acceptors (Lipinski definition) is 5. The van der Waals surface area contributed by atoms with Gasteiger partial charge in [-0.25, -0.2) is 8.42 Å². The summed E-state index contributed by atoms with van der Waals surface area (Å²) >= 11 is 0. The number of carbonyl (C=O) groups is 1. The largest absolute Gasteiger partial charge is 0.466 e. The van der Waals surface area contributed by atoms with E-state index in [1.165, 1.54) is 0 Å². The number of nitrogens with zero attached hydrogens (tertiary/aromatic N) is 1. The summed E-state index contributed by atoms with van der Waals surface area (Å²) < 4.78 is 31.1. The average molecular weight is 290 g/mol. The van der Waals surface area contributed by atoms with Crippen LogP contribution in [-0.2, 0) is 19.6 Å². The molecule has 2 bridgehead atoms. The van der Waals surface area contributed by atoms with Gasteiger partial charge in [0, 0.05) is 18.1 Å². The van der Waals surface area contributed by atoms with Gasteiger partial charge in [-0.15, -0.1) is 0 Å². The summed E-state index contributed by atoms with van der Waals surface area (Å²) in [5.41, 5.74) is 5.93. The molecule has 2 unspecified atom stereocenters. The molecular weight excluding hydrogens is 268 g/mol. The van der Waals surface area contributed by atoms with E-state index in [-0.39, 0.29) is 36.9 Å². The lowest BCUT2D eigenvalue weighted by molar-refractivity contribution is -0.142. The number of nitrogens with two attached hydrogens (primary N) is 1. The molecule has 2 aliphatic rings. The standard InChI is InChI=1S/C12H22N2O4S/c1-2-18-12(15)5-6-19(16,17)14-10-3-4-11(14)8-9(13)7-10/h9-11H,2-8,13H2,1H3. The van der Waals surface area contributed by atoms with Gasteiger partial charge in [-0.3, -0.25) is 4.79 Å². The van der Waals surface area contributed by atoms with Crippen LogP contribution in [0.4, 0.5) is 0 Å². The van der Waals surface area contributed by atoms with Crippen LogP contribution in [0.25, 0.3) is 0 Å². The van der Waals surface area contributed by atoms with Crippen LogP contribution in [0.15, 0.2) is 0 Å². The number of fused-ring (bicyclic) bond motifs is 2. The predicted octanol–water partition coefficient (Wildman–Crippen LogP) is 0.224. The fourth-order valence-electron chi connectivity index (χ4n) is 3.18. The summed E-state index contributed by atoms with van der Waals surface area (Å²) in [7, 11) is -3.38. The van der Waals surface area contributed by atoms with Crippen LogP contribution >= 0.6 is 0 Å². The lowest BCUT2D eigenvalue weighted by Gasteiger charge is -2.36. The Labute approximate surface area is 114 Å². The van der Waals surface area contributed by atoms with E-state index in [0.29, 0.717) is 0 Å². The van der Waals surface area contributed by atoms with Crippen LogP contribution < -0.4 is 5.73 Å². The quantitative estimate of drug-likeness (QED) is 0.732. The van der Waals surface area contributed by atoms with Crippen molar-refractivity contribution in [1.82, 2.24) is 4.31 Å². The average Bonchev–Trinajstić information content (AvgIpc) is 2.61. The van der Waals surface area contributed by atoms with E-state index in [9.17, 15) is 13.2 Å². The van der Waals surface area contributed by atoms with Gasteiger partial charge in [0.25, 0.3) is 0 Å². The van der Waals surface area contributed by atoms with Crippen LogP contribution in [0.1, 0.15) is 39.0 Å². The smallest absolute Gasteiger partial charge is 0.306 e. The minimum Gasteiger partial charge on any atom is -0.466 e. The predicted molar refractivity (Wildman–Crippen MR) is 70.9 cm³/mol. The molecule has 19 heavy (non-hydrogen) atoms. The molecule has 110 valence electrons. The minimum absolute atomic E-state index is 0.0287. The molecular formula is C12H22N2O4S. The number of piperidine rings is 1. The molecule has 2 heterocycles. The lowest BCUT2D eigenvalue weighted by Crippen LogP contribution is -2.50. The minimum atomic E-state index is -3.38.